The average Bonchev–Trinajstić information content (AvgIpc) is 2.37. The summed E-state index contributed by atoms with van der Waals surface area (Å²) in [5.41, 5.74) is 8.16. The molecule has 18 heavy (non-hydrogen) atoms. The summed E-state index contributed by atoms with van der Waals surface area (Å²) in [4.78, 5) is 11.9. The van der Waals surface area contributed by atoms with E-state index in [1.165, 1.54) is 5.56 Å². The lowest BCUT2D eigenvalue weighted by Gasteiger charge is -2.20. The third-order valence-electron chi connectivity index (χ3n) is 3.45. The van der Waals surface area contributed by atoms with Crippen molar-refractivity contribution in [2.24, 2.45) is 11.7 Å². The van der Waals surface area contributed by atoms with E-state index in [1.807, 2.05) is 20.8 Å². The molecule has 1 rings (SSSR count). The minimum atomic E-state index is -0.164. The number of aryl methyl sites for hydroxylation is 1. The molecule has 3 heteroatoms. The van der Waals surface area contributed by atoms with Gasteiger partial charge >= 0.3 is 0 Å². The molecule has 0 saturated heterocycles. The van der Waals surface area contributed by atoms with Gasteiger partial charge in [-0.25, -0.2) is 0 Å². The summed E-state index contributed by atoms with van der Waals surface area (Å²) < 4.78 is 0. The topological polar surface area (TPSA) is 55.1 Å². The van der Waals surface area contributed by atoms with Gasteiger partial charge < -0.3 is 11.1 Å². The van der Waals surface area contributed by atoms with Crippen LogP contribution in [0.3, 0.4) is 0 Å². The van der Waals surface area contributed by atoms with E-state index in [0.717, 1.165) is 12.0 Å². The van der Waals surface area contributed by atoms with Crippen LogP contribution in [0.2, 0.25) is 0 Å². The number of nitrogens with one attached hydrogen (secondary N) is 1. The molecule has 0 bridgehead atoms. The van der Waals surface area contributed by atoms with Gasteiger partial charge in [0, 0.05) is 12.0 Å². The summed E-state index contributed by atoms with van der Waals surface area (Å²) >= 11 is 0. The fourth-order valence-corrected chi connectivity index (χ4v) is 1.71. The predicted molar refractivity (Wildman–Crippen MR) is 75.2 cm³/mol. The summed E-state index contributed by atoms with van der Waals surface area (Å²) in [7, 11) is 0. The first-order valence-corrected chi connectivity index (χ1v) is 6.60. The highest BCUT2D eigenvalue weighted by atomic mass is 16.1. The Balaban J connectivity index is 2.64. The van der Waals surface area contributed by atoms with Crippen LogP contribution in [-0.4, -0.2) is 11.9 Å². The molecule has 0 aliphatic rings. The molecule has 0 aliphatic heterocycles. The Morgan fingerprint density at radius 1 is 1.22 bits per heavy atom. The SMILES string of the molecule is CCc1ccc(C(C)NC(=O)C(C)C(C)N)cc1. The number of carbonyl (C=O) groups is 1. The molecule has 0 heterocycles. The van der Waals surface area contributed by atoms with Crippen molar-refractivity contribution in [1.29, 1.82) is 0 Å². The zero-order valence-corrected chi connectivity index (χ0v) is 11.7. The Hall–Kier alpha value is -1.35. The molecule has 3 unspecified atom stereocenters. The monoisotopic (exact) mass is 248 g/mol. The van der Waals surface area contributed by atoms with Crippen molar-refractivity contribution in [1.82, 2.24) is 5.32 Å². The lowest BCUT2D eigenvalue weighted by atomic mass is 10.0. The Bertz CT molecular complexity index is 384. The third kappa shape index (κ3) is 3.84. The van der Waals surface area contributed by atoms with Crippen LogP contribution < -0.4 is 11.1 Å². The molecule has 0 aromatic heterocycles. The van der Waals surface area contributed by atoms with Crippen molar-refractivity contribution in [3.63, 3.8) is 0 Å². The second kappa shape index (κ2) is 6.55. The van der Waals surface area contributed by atoms with Crippen molar-refractivity contribution < 1.29 is 4.79 Å². The van der Waals surface area contributed by atoms with Crippen LogP contribution in [0.5, 0.6) is 0 Å². The predicted octanol–water partition coefficient (Wildman–Crippen LogP) is 2.41. The maximum atomic E-state index is 11.9. The zero-order valence-electron chi connectivity index (χ0n) is 11.7. The molecule has 0 spiro atoms. The first-order chi connectivity index (χ1) is 8.45. The maximum Gasteiger partial charge on any atom is 0.224 e. The van der Waals surface area contributed by atoms with Crippen LogP contribution in [0, 0.1) is 5.92 Å². The molecule has 1 aromatic rings. The van der Waals surface area contributed by atoms with Crippen molar-refractivity contribution in [2.75, 3.05) is 0 Å². The zero-order chi connectivity index (χ0) is 13.7. The Morgan fingerprint density at radius 2 is 1.78 bits per heavy atom. The Labute approximate surface area is 110 Å². The van der Waals surface area contributed by atoms with Crippen molar-refractivity contribution in [2.45, 2.75) is 46.2 Å². The van der Waals surface area contributed by atoms with Gasteiger partial charge in [0.1, 0.15) is 0 Å². The van der Waals surface area contributed by atoms with E-state index in [2.05, 4.69) is 36.5 Å². The number of rotatable bonds is 5. The second-order valence-corrected chi connectivity index (χ2v) is 4.97. The van der Waals surface area contributed by atoms with E-state index in [-0.39, 0.29) is 23.9 Å². The number of benzene rings is 1. The van der Waals surface area contributed by atoms with E-state index in [1.54, 1.807) is 0 Å². The van der Waals surface area contributed by atoms with Gasteiger partial charge in [-0.2, -0.15) is 0 Å². The normalized spacial score (nSPS) is 15.8. The van der Waals surface area contributed by atoms with Gasteiger partial charge in [0.2, 0.25) is 5.91 Å². The second-order valence-electron chi connectivity index (χ2n) is 4.97. The van der Waals surface area contributed by atoms with Crippen LogP contribution in [0.1, 0.15) is 44.9 Å². The quantitative estimate of drug-likeness (QED) is 0.840. The third-order valence-corrected chi connectivity index (χ3v) is 3.45. The van der Waals surface area contributed by atoms with Gasteiger partial charge in [-0.3, -0.25) is 4.79 Å². The number of hydrogen-bond acceptors (Lipinski definition) is 2. The van der Waals surface area contributed by atoms with Gasteiger partial charge in [0.05, 0.1) is 6.04 Å². The molecule has 0 aliphatic carbocycles. The van der Waals surface area contributed by atoms with E-state index >= 15 is 0 Å². The van der Waals surface area contributed by atoms with Crippen LogP contribution in [0.25, 0.3) is 0 Å². The maximum absolute atomic E-state index is 11.9. The molecule has 1 aromatic carbocycles. The van der Waals surface area contributed by atoms with Crippen LogP contribution in [0.15, 0.2) is 24.3 Å². The van der Waals surface area contributed by atoms with Gasteiger partial charge in [0.15, 0.2) is 0 Å². The minimum absolute atomic E-state index is 0.0112. The molecule has 0 saturated carbocycles. The summed E-state index contributed by atoms with van der Waals surface area (Å²) in [6.07, 6.45) is 1.03. The standard InChI is InChI=1S/C15H24N2O/c1-5-13-6-8-14(9-7-13)12(4)17-15(18)10(2)11(3)16/h6-12H,5,16H2,1-4H3,(H,17,18). The number of nitrogens with two attached hydrogens (primary N) is 1. The summed E-state index contributed by atoms with van der Waals surface area (Å²) in [6, 6.07) is 8.24. The summed E-state index contributed by atoms with van der Waals surface area (Å²) in [5.74, 6) is -0.153. The van der Waals surface area contributed by atoms with Crippen LogP contribution >= 0.6 is 0 Å². The van der Waals surface area contributed by atoms with E-state index in [9.17, 15) is 4.79 Å². The molecule has 0 radical (unpaired) electrons. The molecule has 3 atom stereocenters. The fourth-order valence-electron chi connectivity index (χ4n) is 1.71. The molecule has 1 amide bonds. The van der Waals surface area contributed by atoms with Gasteiger partial charge in [0.25, 0.3) is 0 Å². The first-order valence-electron chi connectivity index (χ1n) is 6.60. The fraction of sp³-hybridized carbons (Fsp3) is 0.533. The molecular formula is C15H24N2O. The minimum Gasteiger partial charge on any atom is -0.349 e. The smallest absolute Gasteiger partial charge is 0.224 e. The summed E-state index contributed by atoms with van der Waals surface area (Å²) in [6.45, 7) is 7.83. The summed E-state index contributed by atoms with van der Waals surface area (Å²) in [5, 5.41) is 3.00. The lowest BCUT2D eigenvalue weighted by molar-refractivity contribution is -0.125. The molecule has 3 nitrogen and oxygen atoms in total. The highest BCUT2D eigenvalue weighted by molar-refractivity contribution is 5.79. The van der Waals surface area contributed by atoms with Crippen molar-refractivity contribution in [3.8, 4) is 0 Å². The lowest BCUT2D eigenvalue weighted by Crippen LogP contribution is -2.39. The average molecular weight is 248 g/mol. The number of amides is 1. The highest BCUT2D eigenvalue weighted by Crippen LogP contribution is 2.14. The molecule has 3 N–H and O–H groups in total. The van der Waals surface area contributed by atoms with E-state index in [0.29, 0.717) is 0 Å². The molecular weight excluding hydrogens is 224 g/mol. The highest BCUT2D eigenvalue weighted by Gasteiger charge is 2.19. The van der Waals surface area contributed by atoms with Crippen LogP contribution in [0.4, 0.5) is 0 Å². The van der Waals surface area contributed by atoms with Gasteiger partial charge in [-0.05, 0) is 31.4 Å². The number of carbonyl (C=O) groups excluding carboxylic acids is 1. The molecule has 0 fully saturated rings. The van der Waals surface area contributed by atoms with Crippen molar-refractivity contribution >= 4 is 5.91 Å². The first kappa shape index (κ1) is 14.7. The molecule has 100 valence electrons. The Morgan fingerprint density at radius 3 is 2.22 bits per heavy atom. The van der Waals surface area contributed by atoms with Crippen molar-refractivity contribution in [3.05, 3.63) is 35.4 Å². The van der Waals surface area contributed by atoms with Crippen LogP contribution in [-0.2, 0) is 11.2 Å². The van der Waals surface area contributed by atoms with Gasteiger partial charge in [-0.15, -0.1) is 0 Å². The number of hydrogen-bond donors (Lipinski definition) is 2. The largest absolute Gasteiger partial charge is 0.349 e. The Kier molecular flexibility index (Phi) is 5.35. The van der Waals surface area contributed by atoms with E-state index in [4.69, 9.17) is 5.73 Å². The van der Waals surface area contributed by atoms with E-state index < -0.39 is 0 Å². The van der Waals surface area contributed by atoms with Gasteiger partial charge in [-0.1, -0.05) is 38.1 Å².